The van der Waals surface area contributed by atoms with Gasteiger partial charge in [0, 0.05) is 25.4 Å². The van der Waals surface area contributed by atoms with Crippen molar-refractivity contribution in [2.45, 2.75) is 37.8 Å². The average Bonchev–Trinajstić information content (AvgIpc) is 2.32. The smallest absolute Gasteiger partial charge is 0.225 e. The zero-order valence-electron chi connectivity index (χ0n) is 9.52. The third-order valence-electron chi connectivity index (χ3n) is 2.86. The van der Waals surface area contributed by atoms with E-state index in [4.69, 9.17) is 10.5 Å². The van der Waals surface area contributed by atoms with Gasteiger partial charge in [-0.3, -0.25) is 0 Å². The van der Waals surface area contributed by atoms with Crippen LogP contribution in [-0.4, -0.2) is 29.2 Å². The minimum atomic E-state index is 0.249. The summed E-state index contributed by atoms with van der Waals surface area (Å²) in [5.74, 6) is 1.23. The molecule has 0 spiro atoms. The van der Waals surface area contributed by atoms with Gasteiger partial charge in [-0.1, -0.05) is 0 Å². The molecule has 0 radical (unpaired) electrons. The highest BCUT2D eigenvalue weighted by molar-refractivity contribution is 5.26. The molecule has 0 aliphatic heterocycles. The van der Waals surface area contributed by atoms with E-state index in [1.54, 1.807) is 19.3 Å². The molecule has 1 aromatic rings. The summed E-state index contributed by atoms with van der Waals surface area (Å²) in [5.41, 5.74) is 5.84. The number of hydrogen-bond acceptors (Lipinski definition) is 5. The second-order valence-corrected chi connectivity index (χ2v) is 4.12. The third-order valence-corrected chi connectivity index (χ3v) is 2.86. The second kappa shape index (κ2) is 5.12. The van der Waals surface area contributed by atoms with Crippen LogP contribution in [0, 0.1) is 0 Å². The van der Waals surface area contributed by atoms with Gasteiger partial charge >= 0.3 is 0 Å². The molecular formula is C11H18N4O. The molecule has 0 aromatic carbocycles. The minimum Gasteiger partial charge on any atom is -0.474 e. The van der Waals surface area contributed by atoms with Gasteiger partial charge in [0.25, 0.3) is 0 Å². The van der Waals surface area contributed by atoms with E-state index in [-0.39, 0.29) is 6.10 Å². The Bertz CT molecular complexity index is 337. The van der Waals surface area contributed by atoms with Crippen molar-refractivity contribution in [3.8, 4) is 5.88 Å². The predicted molar refractivity (Wildman–Crippen MR) is 62.4 cm³/mol. The number of anilines is 1. The number of hydrogen-bond donors (Lipinski definition) is 2. The maximum absolute atomic E-state index is 5.84. The Morgan fingerprint density at radius 1 is 1.38 bits per heavy atom. The van der Waals surface area contributed by atoms with E-state index in [0.717, 1.165) is 25.7 Å². The molecule has 1 aliphatic carbocycles. The summed E-state index contributed by atoms with van der Waals surface area (Å²) >= 11 is 0. The molecule has 0 atom stereocenters. The first-order valence-corrected chi connectivity index (χ1v) is 5.71. The summed E-state index contributed by atoms with van der Waals surface area (Å²) < 4.78 is 5.80. The number of rotatable bonds is 3. The van der Waals surface area contributed by atoms with Gasteiger partial charge < -0.3 is 15.8 Å². The average molecular weight is 222 g/mol. The molecule has 0 saturated heterocycles. The Labute approximate surface area is 95.4 Å². The molecule has 88 valence electrons. The Hall–Kier alpha value is -1.36. The Balaban J connectivity index is 1.93. The molecule has 1 saturated carbocycles. The summed E-state index contributed by atoms with van der Waals surface area (Å²) in [6.45, 7) is 0. The van der Waals surface area contributed by atoms with Crippen LogP contribution in [0.15, 0.2) is 12.3 Å². The van der Waals surface area contributed by atoms with Crippen LogP contribution in [-0.2, 0) is 0 Å². The molecule has 1 aromatic heterocycles. The highest BCUT2D eigenvalue weighted by Gasteiger charge is 2.20. The van der Waals surface area contributed by atoms with Gasteiger partial charge in [-0.05, 0) is 25.7 Å². The van der Waals surface area contributed by atoms with Crippen LogP contribution in [0.5, 0.6) is 5.88 Å². The number of ether oxygens (including phenoxy) is 1. The van der Waals surface area contributed by atoms with Crippen molar-refractivity contribution >= 4 is 5.95 Å². The molecule has 16 heavy (non-hydrogen) atoms. The first-order valence-electron chi connectivity index (χ1n) is 5.71. The van der Waals surface area contributed by atoms with Crippen LogP contribution in [0.4, 0.5) is 5.95 Å². The van der Waals surface area contributed by atoms with E-state index in [1.165, 1.54) is 0 Å². The molecule has 5 heteroatoms. The van der Waals surface area contributed by atoms with E-state index in [0.29, 0.717) is 17.9 Å². The molecule has 1 fully saturated rings. The van der Waals surface area contributed by atoms with Crippen molar-refractivity contribution in [1.29, 1.82) is 0 Å². The molecule has 0 amide bonds. The first kappa shape index (κ1) is 11.1. The van der Waals surface area contributed by atoms with Crippen molar-refractivity contribution in [3.63, 3.8) is 0 Å². The van der Waals surface area contributed by atoms with Gasteiger partial charge in [0.2, 0.25) is 11.8 Å². The Morgan fingerprint density at radius 3 is 2.81 bits per heavy atom. The van der Waals surface area contributed by atoms with Crippen molar-refractivity contribution in [3.05, 3.63) is 12.3 Å². The Morgan fingerprint density at radius 2 is 2.12 bits per heavy atom. The third kappa shape index (κ3) is 2.82. The second-order valence-electron chi connectivity index (χ2n) is 4.12. The summed E-state index contributed by atoms with van der Waals surface area (Å²) in [6, 6.07) is 2.13. The van der Waals surface area contributed by atoms with Gasteiger partial charge in [-0.25, -0.2) is 4.98 Å². The standard InChI is InChI=1S/C11H18N4O/c1-13-11-14-7-6-10(15-11)16-9-4-2-8(12)3-5-9/h6-9H,2-5,12H2,1H3,(H,13,14,15)/t8-,9-. The highest BCUT2D eigenvalue weighted by atomic mass is 16.5. The zero-order chi connectivity index (χ0) is 11.4. The fraction of sp³-hybridized carbons (Fsp3) is 0.636. The quantitative estimate of drug-likeness (QED) is 0.803. The lowest BCUT2D eigenvalue weighted by Crippen LogP contribution is -2.31. The van der Waals surface area contributed by atoms with Crippen molar-refractivity contribution in [2.24, 2.45) is 5.73 Å². The summed E-state index contributed by atoms with van der Waals surface area (Å²) in [7, 11) is 1.79. The van der Waals surface area contributed by atoms with Crippen LogP contribution >= 0.6 is 0 Å². The van der Waals surface area contributed by atoms with Crippen molar-refractivity contribution in [1.82, 2.24) is 9.97 Å². The van der Waals surface area contributed by atoms with E-state index in [9.17, 15) is 0 Å². The van der Waals surface area contributed by atoms with Crippen LogP contribution in [0.25, 0.3) is 0 Å². The molecule has 1 heterocycles. The normalized spacial score (nSPS) is 25.1. The van der Waals surface area contributed by atoms with E-state index < -0.39 is 0 Å². The molecule has 0 unspecified atom stereocenters. The lowest BCUT2D eigenvalue weighted by atomic mass is 9.94. The van der Waals surface area contributed by atoms with Gasteiger partial charge in [-0.15, -0.1) is 0 Å². The zero-order valence-corrected chi connectivity index (χ0v) is 9.52. The lowest BCUT2D eigenvalue weighted by molar-refractivity contribution is 0.141. The van der Waals surface area contributed by atoms with Crippen molar-refractivity contribution < 1.29 is 4.74 Å². The Kier molecular flexibility index (Phi) is 3.56. The topological polar surface area (TPSA) is 73.1 Å². The van der Waals surface area contributed by atoms with Crippen LogP contribution in [0.3, 0.4) is 0 Å². The fourth-order valence-electron chi connectivity index (χ4n) is 1.91. The molecular weight excluding hydrogens is 204 g/mol. The molecule has 2 rings (SSSR count). The van der Waals surface area contributed by atoms with Crippen LogP contribution in [0.1, 0.15) is 25.7 Å². The van der Waals surface area contributed by atoms with E-state index in [2.05, 4.69) is 15.3 Å². The van der Waals surface area contributed by atoms with Gasteiger partial charge in [0.15, 0.2) is 0 Å². The molecule has 0 bridgehead atoms. The lowest BCUT2D eigenvalue weighted by Gasteiger charge is -2.26. The SMILES string of the molecule is CNc1nccc(O[C@H]2CC[C@H](N)CC2)n1. The summed E-state index contributed by atoms with van der Waals surface area (Å²) in [5, 5.41) is 2.89. The molecule has 5 nitrogen and oxygen atoms in total. The van der Waals surface area contributed by atoms with Crippen LogP contribution < -0.4 is 15.8 Å². The van der Waals surface area contributed by atoms with Gasteiger partial charge in [-0.2, -0.15) is 4.98 Å². The summed E-state index contributed by atoms with van der Waals surface area (Å²) in [4.78, 5) is 8.27. The van der Waals surface area contributed by atoms with Crippen LogP contribution in [0.2, 0.25) is 0 Å². The number of nitrogens with one attached hydrogen (secondary N) is 1. The number of nitrogens with zero attached hydrogens (tertiary/aromatic N) is 2. The van der Waals surface area contributed by atoms with E-state index >= 15 is 0 Å². The van der Waals surface area contributed by atoms with Gasteiger partial charge in [0.05, 0.1) is 0 Å². The fourth-order valence-corrected chi connectivity index (χ4v) is 1.91. The summed E-state index contributed by atoms with van der Waals surface area (Å²) in [6.07, 6.45) is 6.05. The maximum Gasteiger partial charge on any atom is 0.225 e. The highest BCUT2D eigenvalue weighted by Crippen LogP contribution is 2.21. The predicted octanol–water partition coefficient (Wildman–Crippen LogP) is 1.17. The molecule has 1 aliphatic rings. The monoisotopic (exact) mass is 222 g/mol. The number of nitrogens with two attached hydrogens (primary N) is 1. The van der Waals surface area contributed by atoms with Crippen molar-refractivity contribution in [2.75, 3.05) is 12.4 Å². The molecule has 3 N–H and O–H groups in total. The maximum atomic E-state index is 5.84. The minimum absolute atomic E-state index is 0.249. The number of aromatic nitrogens is 2. The first-order chi connectivity index (χ1) is 7.78. The van der Waals surface area contributed by atoms with E-state index in [1.807, 2.05) is 0 Å². The largest absolute Gasteiger partial charge is 0.474 e. The van der Waals surface area contributed by atoms with Gasteiger partial charge in [0.1, 0.15) is 6.10 Å².